The fourth-order valence-corrected chi connectivity index (χ4v) is 7.05. The molecule has 1 amide bonds. The van der Waals surface area contributed by atoms with Crippen LogP contribution in [0.15, 0.2) is 60.1 Å². The van der Waals surface area contributed by atoms with Gasteiger partial charge in [0.2, 0.25) is 0 Å². The third-order valence-electron chi connectivity index (χ3n) is 6.51. The number of hydrogen-bond acceptors (Lipinski definition) is 8. The number of nitrogens with zero attached hydrogens (tertiary/aromatic N) is 3. The number of aromatic nitrogens is 1. The van der Waals surface area contributed by atoms with Crippen molar-refractivity contribution in [1.82, 2.24) is 4.98 Å². The molecule has 4 N–H and O–H groups in total. The predicted octanol–water partition coefficient (Wildman–Crippen LogP) is 5.46. The third kappa shape index (κ3) is 6.31. The van der Waals surface area contributed by atoms with Gasteiger partial charge in [0.15, 0.2) is 5.34 Å². The molecule has 38 heavy (non-hydrogen) atoms. The van der Waals surface area contributed by atoms with Crippen LogP contribution in [0, 0.1) is 16.5 Å². The number of pyridine rings is 1. The molecule has 1 aliphatic rings. The summed E-state index contributed by atoms with van der Waals surface area (Å²) in [6.07, 6.45) is 1.35. The van der Waals surface area contributed by atoms with Crippen LogP contribution in [0.5, 0.6) is 0 Å². The van der Waals surface area contributed by atoms with Gasteiger partial charge >= 0.3 is 0 Å². The molecule has 1 saturated heterocycles. The second-order valence-electron chi connectivity index (χ2n) is 9.25. The van der Waals surface area contributed by atoms with Crippen molar-refractivity contribution in [2.45, 2.75) is 25.6 Å². The zero-order chi connectivity index (χ0) is 27.3. The first kappa shape index (κ1) is 27.1. The Morgan fingerprint density at radius 2 is 1.87 bits per heavy atom. The summed E-state index contributed by atoms with van der Waals surface area (Å²) in [5.41, 5.74) is 8.18. The summed E-state index contributed by atoms with van der Waals surface area (Å²) in [5.74, 6) is -0.0911. The van der Waals surface area contributed by atoms with Crippen LogP contribution in [0.25, 0.3) is 0 Å². The number of rotatable bonds is 10. The quantitative estimate of drug-likeness (QED) is 0.229. The molecule has 2 heterocycles. The zero-order valence-electron chi connectivity index (χ0n) is 21.1. The Hall–Kier alpha value is -3.93. The number of carbonyl (C=O) groups excluding carboxylic acids is 1. The molecule has 3 aromatic rings. The lowest BCUT2D eigenvalue weighted by Crippen LogP contribution is -2.41. The molecule has 0 bridgehead atoms. The minimum atomic E-state index is -1.54. The summed E-state index contributed by atoms with van der Waals surface area (Å²) in [4.78, 5) is 29.3. The molecule has 9 nitrogen and oxygen atoms in total. The summed E-state index contributed by atoms with van der Waals surface area (Å²) in [5, 5.41) is 9.26. The average molecular weight is 545 g/mol. The monoisotopic (exact) mass is 544 g/mol. The molecule has 0 aliphatic carbocycles. The molecule has 1 fully saturated rings. The van der Waals surface area contributed by atoms with Gasteiger partial charge in [0, 0.05) is 66.1 Å². The predicted molar refractivity (Wildman–Crippen MR) is 148 cm³/mol. The number of carbonyl (C=O) groups is 1. The lowest BCUT2D eigenvalue weighted by molar-refractivity contribution is 0.100. The largest absolute Gasteiger partial charge is 0.380 e. The summed E-state index contributed by atoms with van der Waals surface area (Å²) in [6.45, 7) is 5.69. The lowest BCUT2D eigenvalue weighted by Gasteiger charge is -2.46. The molecule has 4 rings (SSSR count). The molecule has 1 aliphatic heterocycles. The number of primary amides is 1. The van der Waals surface area contributed by atoms with Crippen molar-refractivity contribution in [1.29, 1.82) is 0 Å². The van der Waals surface area contributed by atoms with Gasteiger partial charge in [-0.3, -0.25) is 4.79 Å². The van der Waals surface area contributed by atoms with Gasteiger partial charge in [-0.25, -0.2) is 13.8 Å². The van der Waals surface area contributed by atoms with Crippen LogP contribution >= 0.6 is 10.3 Å². The van der Waals surface area contributed by atoms with Crippen LogP contribution in [-0.2, 0) is 10.8 Å². The van der Waals surface area contributed by atoms with E-state index in [-0.39, 0.29) is 17.4 Å². The normalized spacial score (nSPS) is 15.6. The maximum atomic E-state index is 13.6. The van der Waals surface area contributed by atoms with E-state index in [2.05, 4.69) is 39.7 Å². The number of hydrogen-bond donors (Lipinski definition) is 3. The van der Waals surface area contributed by atoms with Crippen LogP contribution < -0.4 is 21.3 Å². The van der Waals surface area contributed by atoms with E-state index in [1.54, 1.807) is 6.07 Å². The van der Waals surface area contributed by atoms with E-state index in [9.17, 15) is 18.5 Å². The Kier molecular flexibility index (Phi) is 8.30. The van der Waals surface area contributed by atoms with Crippen LogP contribution in [0.4, 0.5) is 31.7 Å². The highest BCUT2D eigenvalue weighted by molar-refractivity contribution is 8.30. The van der Waals surface area contributed by atoms with Crippen molar-refractivity contribution in [2.75, 3.05) is 40.1 Å². The van der Waals surface area contributed by atoms with Crippen molar-refractivity contribution < 1.29 is 17.9 Å². The van der Waals surface area contributed by atoms with Crippen molar-refractivity contribution >= 4 is 39.1 Å². The van der Waals surface area contributed by atoms with E-state index in [1.165, 1.54) is 18.3 Å². The van der Waals surface area contributed by atoms with Gasteiger partial charge in [0.25, 0.3) is 5.91 Å². The summed E-state index contributed by atoms with van der Waals surface area (Å²) < 4.78 is 32.5. The minimum absolute atomic E-state index is 0.0754. The van der Waals surface area contributed by atoms with Crippen molar-refractivity contribution in [3.05, 3.63) is 82.4 Å². The Morgan fingerprint density at radius 1 is 1.16 bits per heavy atom. The summed E-state index contributed by atoms with van der Waals surface area (Å²) >= 11 is 0. The minimum Gasteiger partial charge on any atom is -0.380 e. The van der Waals surface area contributed by atoms with E-state index in [0.29, 0.717) is 17.1 Å². The second-order valence-corrected chi connectivity index (χ2v) is 12.9. The molecule has 2 aromatic carbocycles. The van der Waals surface area contributed by atoms with Gasteiger partial charge in [-0.2, -0.15) is 0 Å². The molecular weight excluding hydrogens is 514 g/mol. The first-order chi connectivity index (χ1) is 18.2. The van der Waals surface area contributed by atoms with Crippen LogP contribution in [0.3, 0.4) is 0 Å². The number of benzene rings is 2. The molecule has 12 heteroatoms. The Morgan fingerprint density at radius 3 is 2.50 bits per heavy atom. The number of halogens is 2. The fraction of sp³-hybridized carbons (Fsp3) is 0.308. The van der Waals surface area contributed by atoms with E-state index in [0.717, 1.165) is 42.0 Å². The maximum absolute atomic E-state index is 13.6. The molecule has 0 saturated carbocycles. The van der Waals surface area contributed by atoms with Gasteiger partial charge in [0.05, 0.1) is 11.3 Å². The zero-order valence-corrected chi connectivity index (χ0v) is 21.9. The molecule has 202 valence electrons. The SMILES string of the molecule is CC(C)S1(ON=O)CCN(c2cccc(Nc3cc(NCc4cc(F)cc(F)c4)c(C(N)=O)cn3)c2)CC1. The Labute approximate surface area is 221 Å². The van der Waals surface area contributed by atoms with E-state index in [4.69, 9.17) is 10.0 Å². The average Bonchev–Trinajstić information content (AvgIpc) is 2.87. The molecule has 0 radical (unpaired) electrons. The van der Waals surface area contributed by atoms with E-state index < -0.39 is 27.9 Å². The molecule has 0 atom stereocenters. The Balaban J connectivity index is 1.48. The number of amides is 1. The van der Waals surface area contributed by atoms with Gasteiger partial charge in [0.1, 0.15) is 17.5 Å². The third-order valence-corrected chi connectivity index (χ3v) is 10.3. The topological polar surface area (TPSA) is 122 Å². The number of nitrogens with one attached hydrogen (secondary N) is 2. The highest BCUT2D eigenvalue weighted by Gasteiger charge is 2.35. The smallest absolute Gasteiger partial charge is 0.252 e. The van der Waals surface area contributed by atoms with Gasteiger partial charge < -0.3 is 25.6 Å². The maximum Gasteiger partial charge on any atom is 0.252 e. The van der Waals surface area contributed by atoms with Crippen molar-refractivity contribution in [2.24, 2.45) is 11.1 Å². The number of nitrogens with two attached hydrogens (primary N) is 1. The van der Waals surface area contributed by atoms with Crippen LogP contribution in [0.2, 0.25) is 0 Å². The van der Waals surface area contributed by atoms with Crippen LogP contribution in [0.1, 0.15) is 29.8 Å². The number of anilines is 4. The first-order valence-corrected chi connectivity index (χ1v) is 14.0. The van der Waals surface area contributed by atoms with E-state index >= 15 is 0 Å². The Bertz CT molecular complexity index is 1300. The highest BCUT2D eigenvalue weighted by Crippen LogP contribution is 2.55. The first-order valence-electron chi connectivity index (χ1n) is 12.1. The van der Waals surface area contributed by atoms with E-state index in [1.807, 2.05) is 24.3 Å². The molecular formula is C26H30F2N6O3S. The van der Waals surface area contributed by atoms with Gasteiger partial charge in [-0.15, -0.1) is 4.91 Å². The molecule has 1 aromatic heterocycles. The fourth-order valence-electron chi connectivity index (χ4n) is 4.40. The lowest BCUT2D eigenvalue weighted by atomic mass is 10.1. The second kappa shape index (κ2) is 11.6. The van der Waals surface area contributed by atoms with Gasteiger partial charge in [-0.1, -0.05) is 30.2 Å². The van der Waals surface area contributed by atoms with Crippen molar-refractivity contribution in [3.63, 3.8) is 0 Å². The summed E-state index contributed by atoms with van der Waals surface area (Å²) in [6, 6.07) is 12.6. The highest BCUT2D eigenvalue weighted by atomic mass is 32.3. The van der Waals surface area contributed by atoms with Gasteiger partial charge in [-0.05, 0) is 35.9 Å². The van der Waals surface area contributed by atoms with Crippen LogP contribution in [-0.4, -0.2) is 40.7 Å². The summed E-state index contributed by atoms with van der Waals surface area (Å²) in [7, 11) is -1.54. The standard InChI is InChI=1S/C26H30F2N6O3S/c1-17(2)38(37-33-36)8-6-34(7-9-38)22-5-3-4-21(13-22)32-25-14-24(23(16-31-25)26(29)35)30-15-18-10-19(27)12-20(28)11-18/h3-5,10-14,16-17H,6-9,15H2,1-2H3,(H2,29,35)(H2,30,31,32). The van der Waals surface area contributed by atoms with Crippen molar-refractivity contribution in [3.8, 4) is 0 Å². The molecule has 0 unspecified atom stereocenters. The molecule has 0 spiro atoms.